The van der Waals surface area contributed by atoms with Crippen LogP contribution in [0.1, 0.15) is 37.7 Å². The Kier molecular flexibility index (Phi) is 5.41. The van der Waals surface area contributed by atoms with Crippen LogP contribution in [0.25, 0.3) is 5.53 Å². The fraction of sp³-hybridized carbons (Fsp3) is 0.438. The van der Waals surface area contributed by atoms with Gasteiger partial charge in [-0.3, -0.25) is 4.79 Å². The number of nitrogens with zero attached hydrogens (tertiary/aromatic N) is 3. The molecular formula is C16H19N3O2. The van der Waals surface area contributed by atoms with E-state index in [1.54, 1.807) is 12.1 Å². The lowest BCUT2D eigenvalue weighted by atomic mass is 9.83. The third-order valence-corrected chi connectivity index (χ3v) is 3.76. The van der Waals surface area contributed by atoms with Gasteiger partial charge in [0, 0.05) is 11.5 Å². The number of carbonyl (C=O) groups excluding carboxylic acids is 1. The van der Waals surface area contributed by atoms with E-state index in [4.69, 9.17) is 4.84 Å². The summed E-state index contributed by atoms with van der Waals surface area (Å²) in [7, 11) is 1.41. The molecule has 5 nitrogen and oxygen atoms in total. The van der Waals surface area contributed by atoms with E-state index in [2.05, 4.69) is 9.95 Å². The Morgan fingerprint density at radius 1 is 1.24 bits per heavy atom. The lowest BCUT2D eigenvalue weighted by molar-refractivity contribution is -0.121. The minimum atomic E-state index is -0.156. The number of oxime groups is 1. The largest absolute Gasteiger partial charge is 0.398 e. The molecule has 0 bridgehead atoms. The smallest absolute Gasteiger partial charge is 0.387 e. The van der Waals surface area contributed by atoms with E-state index in [1.807, 2.05) is 18.2 Å². The molecule has 110 valence electrons. The molecule has 5 heteroatoms. The van der Waals surface area contributed by atoms with Crippen molar-refractivity contribution in [3.05, 3.63) is 41.4 Å². The standard InChI is InChI=1S/C16H19N3O2/c1-21-19-14(12-8-4-2-5-9-12)15(18-17)16(20)13-10-6-3-7-11-13/h2,4-5,8-9,13H,3,6-7,10-11H2,1H3/b19-14+. The highest BCUT2D eigenvalue weighted by atomic mass is 16.6. The average molecular weight is 285 g/mol. The summed E-state index contributed by atoms with van der Waals surface area (Å²) in [4.78, 5) is 20.6. The van der Waals surface area contributed by atoms with Crippen LogP contribution < -0.4 is 0 Å². The van der Waals surface area contributed by atoms with Crippen LogP contribution in [-0.4, -0.2) is 29.1 Å². The molecule has 21 heavy (non-hydrogen) atoms. The highest BCUT2D eigenvalue weighted by Gasteiger charge is 2.35. The van der Waals surface area contributed by atoms with Crippen LogP contribution in [0.4, 0.5) is 0 Å². The minimum Gasteiger partial charge on any atom is -0.398 e. The van der Waals surface area contributed by atoms with Gasteiger partial charge in [-0.2, -0.15) is 4.79 Å². The van der Waals surface area contributed by atoms with Crippen molar-refractivity contribution in [1.82, 2.24) is 0 Å². The van der Waals surface area contributed by atoms with Gasteiger partial charge >= 0.3 is 5.71 Å². The van der Waals surface area contributed by atoms with E-state index >= 15 is 0 Å². The molecule has 0 spiro atoms. The number of Topliss-reactive ketones (excluding diaryl/α,β-unsaturated/α-hetero) is 1. The molecule has 1 fully saturated rings. The molecule has 1 aromatic carbocycles. The maximum Gasteiger partial charge on any atom is 0.387 e. The summed E-state index contributed by atoms with van der Waals surface area (Å²) < 4.78 is 0. The summed E-state index contributed by atoms with van der Waals surface area (Å²) in [5, 5.41) is 3.89. The number of benzene rings is 1. The number of rotatable bonds is 5. The molecule has 0 radical (unpaired) electrons. The molecule has 1 aliphatic rings. The third-order valence-electron chi connectivity index (χ3n) is 3.76. The summed E-state index contributed by atoms with van der Waals surface area (Å²) in [6.07, 6.45) is 4.92. The number of hydrogen-bond donors (Lipinski definition) is 0. The molecule has 0 aliphatic heterocycles. The first-order valence-electron chi connectivity index (χ1n) is 7.21. The van der Waals surface area contributed by atoms with Gasteiger partial charge in [-0.25, -0.2) is 0 Å². The van der Waals surface area contributed by atoms with Crippen molar-refractivity contribution in [2.45, 2.75) is 32.1 Å². The second-order valence-corrected chi connectivity index (χ2v) is 5.14. The fourth-order valence-corrected chi connectivity index (χ4v) is 2.69. The van der Waals surface area contributed by atoms with E-state index in [9.17, 15) is 10.3 Å². The molecule has 0 amide bonds. The molecule has 0 unspecified atom stereocenters. The summed E-state index contributed by atoms with van der Waals surface area (Å²) in [6.45, 7) is 0. The molecule has 0 atom stereocenters. The molecule has 0 saturated heterocycles. The summed E-state index contributed by atoms with van der Waals surface area (Å²) >= 11 is 0. The maximum atomic E-state index is 12.6. The number of hydrogen-bond acceptors (Lipinski definition) is 3. The van der Waals surface area contributed by atoms with E-state index in [0.717, 1.165) is 32.1 Å². The zero-order valence-corrected chi connectivity index (χ0v) is 12.2. The zero-order valence-electron chi connectivity index (χ0n) is 12.2. The molecule has 0 heterocycles. The Balaban J connectivity index is 2.31. The van der Waals surface area contributed by atoms with Gasteiger partial charge in [-0.05, 0) is 12.8 Å². The number of ketones is 1. The Bertz CT molecular complexity index is 568. The van der Waals surface area contributed by atoms with E-state index < -0.39 is 0 Å². The predicted octanol–water partition coefficient (Wildman–Crippen LogP) is 2.86. The number of carbonyl (C=O) groups is 1. The van der Waals surface area contributed by atoms with Gasteiger partial charge in [0.15, 0.2) is 0 Å². The van der Waals surface area contributed by atoms with Crippen molar-refractivity contribution >= 4 is 17.2 Å². The minimum absolute atomic E-state index is 0.0186. The first-order chi connectivity index (χ1) is 10.3. The Hall–Kier alpha value is -2.26. The van der Waals surface area contributed by atoms with Crippen LogP contribution >= 0.6 is 0 Å². The van der Waals surface area contributed by atoms with Crippen molar-refractivity contribution in [2.75, 3.05) is 7.11 Å². The lowest BCUT2D eigenvalue weighted by Gasteiger charge is -2.18. The molecule has 1 aromatic rings. The van der Waals surface area contributed by atoms with Crippen LogP contribution in [0.5, 0.6) is 0 Å². The lowest BCUT2D eigenvalue weighted by Crippen LogP contribution is -2.33. The van der Waals surface area contributed by atoms with Crippen molar-refractivity contribution in [1.29, 1.82) is 0 Å². The highest BCUT2D eigenvalue weighted by Crippen LogP contribution is 2.25. The van der Waals surface area contributed by atoms with Gasteiger partial charge in [0.25, 0.3) is 0 Å². The second-order valence-electron chi connectivity index (χ2n) is 5.14. The third kappa shape index (κ3) is 3.64. The highest BCUT2D eigenvalue weighted by molar-refractivity contribution is 6.68. The van der Waals surface area contributed by atoms with Crippen molar-refractivity contribution in [3.63, 3.8) is 0 Å². The maximum absolute atomic E-state index is 12.6. The van der Waals surface area contributed by atoms with Crippen molar-refractivity contribution in [2.24, 2.45) is 11.1 Å². The summed E-state index contributed by atoms with van der Waals surface area (Å²) in [5.41, 5.74) is 10.3. The van der Waals surface area contributed by atoms with E-state index in [-0.39, 0.29) is 23.1 Å². The summed E-state index contributed by atoms with van der Waals surface area (Å²) in [6, 6.07) is 9.14. The van der Waals surface area contributed by atoms with Gasteiger partial charge < -0.3 is 10.4 Å². The van der Waals surface area contributed by atoms with Gasteiger partial charge in [-0.15, -0.1) is 0 Å². The first kappa shape index (κ1) is 15.1. The molecule has 0 N–H and O–H groups in total. The summed E-state index contributed by atoms with van der Waals surface area (Å²) in [5.74, 6) is -0.243. The van der Waals surface area contributed by atoms with Gasteiger partial charge in [-0.1, -0.05) is 54.8 Å². The second kappa shape index (κ2) is 7.50. The Labute approximate surface area is 124 Å². The van der Waals surface area contributed by atoms with Crippen LogP contribution in [0.2, 0.25) is 0 Å². The average Bonchev–Trinajstić information content (AvgIpc) is 2.56. The molecule has 1 saturated carbocycles. The Morgan fingerprint density at radius 2 is 1.90 bits per heavy atom. The van der Waals surface area contributed by atoms with Crippen LogP contribution in [0, 0.1) is 5.92 Å². The van der Waals surface area contributed by atoms with Crippen molar-refractivity contribution in [3.8, 4) is 0 Å². The van der Waals surface area contributed by atoms with E-state index in [0.29, 0.717) is 5.56 Å². The fourth-order valence-electron chi connectivity index (χ4n) is 2.69. The van der Waals surface area contributed by atoms with E-state index in [1.165, 1.54) is 7.11 Å². The predicted molar refractivity (Wildman–Crippen MR) is 80.2 cm³/mol. The normalized spacial score (nSPS) is 16.1. The van der Waals surface area contributed by atoms with Crippen molar-refractivity contribution < 1.29 is 14.4 Å². The molecule has 1 aliphatic carbocycles. The van der Waals surface area contributed by atoms with Gasteiger partial charge in [0.1, 0.15) is 7.11 Å². The van der Waals surface area contributed by atoms with Crippen LogP contribution in [0.3, 0.4) is 0 Å². The van der Waals surface area contributed by atoms with Gasteiger partial charge in [0.05, 0.1) is 0 Å². The van der Waals surface area contributed by atoms with Crippen LogP contribution in [0.15, 0.2) is 35.5 Å². The SMILES string of the molecule is CO/N=C(/C(=[N+]=[N-])C(=O)C1CCCCC1)c1ccccc1. The van der Waals surface area contributed by atoms with Gasteiger partial charge in [0.2, 0.25) is 11.5 Å². The Morgan fingerprint density at radius 3 is 2.48 bits per heavy atom. The zero-order chi connectivity index (χ0) is 15.1. The molecular weight excluding hydrogens is 266 g/mol. The topological polar surface area (TPSA) is 75.1 Å². The first-order valence-corrected chi connectivity index (χ1v) is 7.21. The molecule has 0 aromatic heterocycles. The monoisotopic (exact) mass is 285 g/mol. The quantitative estimate of drug-likeness (QED) is 0.361. The van der Waals surface area contributed by atoms with Crippen LogP contribution in [-0.2, 0) is 9.63 Å². The molecule has 2 rings (SSSR count).